The van der Waals surface area contributed by atoms with Crippen LogP contribution in [0.5, 0.6) is 0 Å². The van der Waals surface area contributed by atoms with Gasteiger partial charge in [0.1, 0.15) is 16.4 Å². The number of fused-ring (bicyclic) bond motifs is 1. The topological polar surface area (TPSA) is 74.8 Å². The minimum Gasteiger partial charge on any atom is -0.343 e. The highest BCUT2D eigenvalue weighted by Gasteiger charge is 2.21. The number of aromatic nitrogens is 2. The van der Waals surface area contributed by atoms with Crippen molar-refractivity contribution in [1.82, 2.24) is 15.3 Å². The molecule has 1 atom stereocenters. The van der Waals surface area contributed by atoms with Crippen LogP contribution < -0.4 is 10.9 Å². The second-order valence-electron chi connectivity index (χ2n) is 6.27. The number of aromatic amines is 1. The highest BCUT2D eigenvalue weighted by molar-refractivity contribution is 7.09. The summed E-state index contributed by atoms with van der Waals surface area (Å²) < 4.78 is 13.3. The van der Waals surface area contributed by atoms with Gasteiger partial charge in [-0.3, -0.25) is 9.59 Å². The molecule has 5 nitrogen and oxygen atoms in total. The number of halogens is 1. The number of H-pyrrole nitrogens is 1. The number of pyridine rings is 1. The van der Waals surface area contributed by atoms with Gasteiger partial charge < -0.3 is 10.3 Å². The minimum absolute atomic E-state index is 0.00409. The molecular formula is C18H18FN3O2S. The molecule has 7 heteroatoms. The van der Waals surface area contributed by atoms with E-state index >= 15 is 0 Å². The molecule has 0 saturated heterocycles. The molecular weight excluding hydrogens is 341 g/mol. The summed E-state index contributed by atoms with van der Waals surface area (Å²) in [7, 11) is 0. The summed E-state index contributed by atoms with van der Waals surface area (Å²) in [6.07, 6.45) is 2.41. The van der Waals surface area contributed by atoms with Crippen LogP contribution in [-0.2, 0) is 0 Å². The predicted octanol–water partition coefficient (Wildman–Crippen LogP) is 3.64. The number of nitrogens with zero attached hydrogens (tertiary/aromatic N) is 1. The Kier molecular flexibility index (Phi) is 4.94. The number of carbonyl (C=O) groups excluding carboxylic acids is 1. The third kappa shape index (κ3) is 3.93. The van der Waals surface area contributed by atoms with Crippen LogP contribution in [0.2, 0.25) is 0 Å². The van der Waals surface area contributed by atoms with Crippen LogP contribution in [0.15, 0.2) is 40.6 Å². The first-order valence-corrected chi connectivity index (χ1v) is 8.85. The third-order valence-corrected chi connectivity index (χ3v) is 4.70. The van der Waals surface area contributed by atoms with Crippen molar-refractivity contribution in [3.05, 3.63) is 62.6 Å². The number of nitrogens with one attached hydrogen (secondary N) is 2. The summed E-state index contributed by atoms with van der Waals surface area (Å²) in [4.78, 5) is 31.7. The number of benzene rings is 1. The largest absolute Gasteiger partial charge is 0.343 e. The number of thiazole rings is 1. The fraction of sp³-hybridized carbons (Fsp3) is 0.278. The summed E-state index contributed by atoms with van der Waals surface area (Å²) in [5.74, 6) is -0.554. The Balaban J connectivity index is 1.91. The number of carbonyl (C=O) groups is 1. The lowest BCUT2D eigenvalue weighted by Crippen LogP contribution is -2.33. The monoisotopic (exact) mass is 359 g/mol. The van der Waals surface area contributed by atoms with Crippen LogP contribution in [0.25, 0.3) is 10.9 Å². The third-order valence-electron chi connectivity index (χ3n) is 3.81. The Labute approximate surface area is 147 Å². The molecule has 0 aliphatic heterocycles. The summed E-state index contributed by atoms with van der Waals surface area (Å²) in [6, 6.07) is 5.28. The van der Waals surface area contributed by atoms with Gasteiger partial charge in [-0.2, -0.15) is 0 Å². The van der Waals surface area contributed by atoms with Gasteiger partial charge in [-0.15, -0.1) is 11.3 Å². The molecule has 3 rings (SSSR count). The van der Waals surface area contributed by atoms with Crippen LogP contribution in [0, 0.1) is 11.7 Å². The van der Waals surface area contributed by atoms with Gasteiger partial charge in [-0.25, -0.2) is 9.37 Å². The molecule has 0 bridgehead atoms. The van der Waals surface area contributed by atoms with Crippen molar-refractivity contribution < 1.29 is 9.18 Å². The lowest BCUT2D eigenvalue weighted by Gasteiger charge is -2.18. The SMILES string of the molecule is CC(C)CC(NC(=O)c1cc2ccc(F)cc2[nH]c1=O)c1nccs1. The van der Waals surface area contributed by atoms with E-state index in [0.29, 0.717) is 16.8 Å². The first-order chi connectivity index (χ1) is 11.9. The van der Waals surface area contributed by atoms with E-state index in [9.17, 15) is 14.0 Å². The first kappa shape index (κ1) is 17.3. The zero-order valence-electron chi connectivity index (χ0n) is 13.9. The molecule has 2 heterocycles. The molecule has 1 aromatic carbocycles. The Morgan fingerprint density at radius 3 is 2.84 bits per heavy atom. The minimum atomic E-state index is -0.543. The van der Waals surface area contributed by atoms with E-state index in [2.05, 4.69) is 29.1 Å². The average Bonchev–Trinajstić information content (AvgIpc) is 3.07. The summed E-state index contributed by atoms with van der Waals surface area (Å²) >= 11 is 1.47. The van der Waals surface area contributed by atoms with Crippen molar-refractivity contribution in [3.8, 4) is 0 Å². The van der Waals surface area contributed by atoms with Crippen LogP contribution in [-0.4, -0.2) is 15.9 Å². The average molecular weight is 359 g/mol. The van der Waals surface area contributed by atoms with Crippen LogP contribution in [0.4, 0.5) is 4.39 Å². The fourth-order valence-electron chi connectivity index (χ4n) is 2.68. The van der Waals surface area contributed by atoms with Gasteiger partial charge in [0.15, 0.2) is 0 Å². The number of hydrogen-bond acceptors (Lipinski definition) is 4. The predicted molar refractivity (Wildman–Crippen MR) is 96.3 cm³/mol. The molecule has 3 aromatic rings. The molecule has 0 fully saturated rings. The van der Waals surface area contributed by atoms with Crippen LogP contribution in [0.1, 0.15) is 41.7 Å². The Morgan fingerprint density at radius 2 is 2.16 bits per heavy atom. The standard InChI is InChI=1S/C18H18FN3O2S/c1-10(2)7-15(18-20-5-6-25-18)22-17(24)13-8-11-3-4-12(19)9-14(11)21-16(13)23/h3-6,8-10,15H,7H2,1-2H3,(H,21,23)(H,22,24). The summed E-state index contributed by atoms with van der Waals surface area (Å²) in [6.45, 7) is 4.12. The van der Waals surface area contributed by atoms with Crippen molar-refractivity contribution >= 4 is 28.1 Å². The molecule has 0 saturated carbocycles. The zero-order chi connectivity index (χ0) is 18.0. The van der Waals surface area contributed by atoms with Gasteiger partial charge >= 0.3 is 0 Å². The number of hydrogen-bond donors (Lipinski definition) is 2. The van der Waals surface area contributed by atoms with Gasteiger partial charge in [-0.05, 0) is 42.0 Å². The molecule has 130 valence electrons. The van der Waals surface area contributed by atoms with Crippen molar-refractivity contribution in [1.29, 1.82) is 0 Å². The maximum atomic E-state index is 13.3. The number of rotatable bonds is 5. The Bertz CT molecular complexity index is 951. The van der Waals surface area contributed by atoms with Crippen molar-refractivity contribution in [2.75, 3.05) is 0 Å². The van der Waals surface area contributed by atoms with E-state index in [-0.39, 0.29) is 11.6 Å². The van der Waals surface area contributed by atoms with Gasteiger partial charge in [0.05, 0.1) is 11.6 Å². The first-order valence-electron chi connectivity index (χ1n) is 7.97. The van der Waals surface area contributed by atoms with E-state index in [1.54, 1.807) is 6.20 Å². The van der Waals surface area contributed by atoms with Crippen molar-refractivity contribution in [2.24, 2.45) is 5.92 Å². The molecule has 0 aliphatic carbocycles. The van der Waals surface area contributed by atoms with E-state index in [1.807, 2.05) is 5.38 Å². The van der Waals surface area contributed by atoms with Gasteiger partial charge in [-0.1, -0.05) is 13.8 Å². The molecule has 0 spiro atoms. The molecule has 1 amide bonds. The molecule has 25 heavy (non-hydrogen) atoms. The summed E-state index contributed by atoms with van der Waals surface area (Å²) in [5, 5.41) is 6.16. The maximum Gasteiger partial charge on any atom is 0.261 e. The molecule has 0 radical (unpaired) electrons. The second-order valence-corrected chi connectivity index (χ2v) is 7.20. The zero-order valence-corrected chi connectivity index (χ0v) is 14.7. The van der Waals surface area contributed by atoms with Crippen LogP contribution in [0.3, 0.4) is 0 Å². The van der Waals surface area contributed by atoms with E-state index in [4.69, 9.17) is 0 Å². The van der Waals surface area contributed by atoms with E-state index in [0.717, 1.165) is 11.4 Å². The van der Waals surface area contributed by atoms with Crippen molar-refractivity contribution in [3.63, 3.8) is 0 Å². The van der Waals surface area contributed by atoms with Gasteiger partial charge in [0, 0.05) is 11.6 Å². The fourth-order valence-corrected chi connectivity index (χ4v) is 3.38. The second kappa shape index (κ2) is 7.14. The smallest absolute Gasteiger partial charge is 0.261 e. The molecule has 0 aliphatic rings. The van der Waals surface area contributed by atoms with Crippen LogP contribution >= 0.6 is 11.3 Å². The van der Waals surface area contributed by atoms with E-state index in [1.165, 1.54) is 35.6 Å². The highest BCUT2D eigenvalue weighted by Crippen LogP contribution is 2.23. The molecule has 2 aromatic heterocycles. The molecule has 2 N–H and O–H groups in total. The lowest BCUT2D eigenvalue weighted by atomic mass is 10.0. The normalized spacial score (nSPS) is 12.5. The Morgan fingerprint density at radius 1 is 1.36 bits per heavy atom. The van der Waals surface area contributed by atoms with Crippen molar-refractivity contribution in [2.45, 2.75) is 26.3 Å². The summed E-state index contributed by atoms with van der Waals surface area (Å²) in [5.41, 5.74) is -0.178. The Hall–Kier alpha value is -2.54. The molecule has 1 unspecified atom stereocenters. The number of amides is 1. The van der Waals surface area contributed by atoms with Gasteiger partial charge in [0.2, 0.25) is 0 Å². The lowest BCUT2D eigenvalue weighted by molar-refractivity contribution is 0.0930. The van der Waals surface area contributed by atoms with Gasteiger partial charge in [0.25, 0.3) is 11.5 Å². The maximum absolute atomic E-state index is 13.3. The highest BCUT2D eigenvalue weighted by atomic mass is 32.1. The van der Waals surface area contributed by atoms with E-state index < -0.39 is 17.3 Å². The quantitative estimate of drug-likeness (QED) is 0.730.